The van der Waals surface area contributed by atoms with E-state index in [1.165, 1.54) is 7.11 Å². The van der Waals surface area contributed by atoms with Gasteiger partial charge >= 0.3 is 0 Å². The van der Waals surface area contributed by atoms with Crippen molar-refractivity contribution >= 4 is 23.2 Å². The summed E-state index contributed by atoms with van der Waals surface area (Å²) in [7, 11) is 1.53. The number of rotatable bonds is 6. The summed E-state index contributed by atoms with van der Waals surface area (Å²) in [6.45, 7) is 2.19. The number of amides is 2. The first kappa shape index (κ1) is 19.7. The van der Waals surface area contributed by atoms with Gasteiger partial charge < -0.3 is 25.4 Å². The highest BCUT2D eigenvalue weighted by atomic mass is 16.5. The van der Waals surface area contributed by atoms with Crippen LogP contribution in [0.4, 0.5) is 11.4 Å². The van der Waals surface area contributed by atoms with Crippen molar-refractivity contribution < 1.29 is 19.1 Å². The van der Waals surface area contributed by atoms with E-state index in [1.54, 1.807) is 23.1 Å². The molecule has 1 heterocycles. The Bertz CT molecular complexity index is 847. The van der Waals surface area contributed by atoms with Gasteiger partial charge in [0, 0.05) is 30.8 Å². The van der Waals surface area contributed by atoms with Crippen LogP contribution >= 0.6 is 0 Å². The average Bonchev–Trinajstić information content (AvgIpc) is 2.73. The van der Waals surface area contributed by atoms with E-state index in [0.29, 0.717) is 55.4 Å². The molecule has 0 atom stereocenters. The number of nitrogens with zero attached hydrogens (tertiary/aromatic N) is 1. The van der Waals surface area contributed by atoms with E-state index in [4.69, 9.17) is 15.2 Å². The maximum absolute atomic E-state index is 12.7. The van der Waals surface area contributed by atoms with Gasteiger partial charge in [0.05, 0.1) is 26.0 Å². The summed E-state index contributed by atoms with van der Waals surface area (Å²) in [6.07, 6.45) is 0.812. The molecule has 1 saturated heterocycles. The van der Waals surface area contributed by atoms with E-state index in [1.807, 2.05) is 24.3 Å². The van der Waals surface area contributed by atoms with Crippen LogP contribution in [0.3, 0.4) is 0 Å². The largest absolute Gasteiger partial charge is 0.495 e. The average molecular weight is 383 g/mol. The molecule has 2 amide bonds. The Morgan fingerprint density at radius 1 is 1.18 bits per heavy atom. The van der Waals surface area contributed by atoms with Crippen molar-refractivity contribution in [2.75, 3.05) is 44.5 Å². The van der Waals surface area contributed by atoms with E-state index in [2.05, 4.69) is 5.32 Å². The Hall–Kier alpha value is -3.06. The summed E-state index contributed by atoms with van der Waals surface area (Å²) < 4.78 is 10.6. The van der Waals surface area contributed by atoms with Crippen LogP contribution in [-0.4, -0.2) is 50.1 Å². The van der Waals surface area contributed by atoms with Crippen molar-refractivity contribution in [3.8, 4) is 5.75 Å². The van der Waals surface area contributed by atoms with Crippen molar-refractivity contribution in [2.45, 2.75) is 12.8 Å². The highest BCUT2D eigenvalue weighted by molar-refractivity contribution is 5.98. The molecule has 28 heavy (non-hydrogen) atoms. The number of carbonyl (C=O) groups is 2. The molecule has 7 heteroatoms. The van der Waals surface area contributed by atoms with Crippen LogP contribution in [-0.2, 0) is 16.0 Å². The third-order valence-electron chi connectivity index (χ3n) is 4.70. The van der Waals surface area contributed by atoms with Crippen LogP contribution in [0.25, 0.3) is 0 Å². The Labute approximate surface area is 164 Å². The molecule has 2 aromatic carbocycles. The number of carbonyl (C=O) groups excluding carboxylic acids is 2. The van der Waals surface area contributed by atoms with Crippen molar-refractivity contribution in [2.24, 2.45) is 0 Å². The summed E-state index contributed by atoms with van der Waals surface area (Å²) >= 11 is 0. The van der Waals surface area contributed by atoms with Crippen LogP contribution in [0.1, 0.15) is 22.3 Å². The van der Waals surface area contributed by atoms with Gasteiger partial charge in [-0.05, 0) is 36.2 Å². The minimum absolute atomic E-state index is 0.0847. The molecule has 0 radical (unpaired) electrons. The first-order chi connectivity index (χ1) is 13.6. The predicted molar refractivity (Wildman–Crippen MR) is 108 cm³/mol. The van der Waals surface area contributed by atoms with Crippen molar-refractivity contribution in [1.29, 1.82) is 0 Å². The van der Waals surface area contributed by atoms with Crippen LogP contribution in [0, 0.1) is 0 Å². The Morgan fingerprint density at radius 2 is 1.93 bits per heavy atom. The molecule has 3 N–H and O–H groups in total. The van der Waals surface area contributed by atoms with Gasteiger partial charge in [-0.15, -0.1) is 0 Å². The second-order valence-corrected chi connectivity index (χ2v) is 6.57. The van der Waals surface area contributed by atoms with Gasteiger partial charge in [0.15, 0.2) is 0 Å². The molecule has 0 aliphatic carbocycles. The molecule has 1 fully saturated rings. The Morgan fingerprint density at radius 3 is 2.64 bits per heavy atom. The number of methoxy groups -OCH3 is 1. The molecule has 0 aromatic heterocycles. The standard InChI is InChI=1S/C21H25N3O4/c1-27-19-8-6-16(21(26)24-10-12-28-13-11-24)14-18(19)23-20(25)9-7-15-4-2-3-5-17(15)22/h2-6,8,14H,7,9-13,22H2,1H3,(H,23,25). The number of aryl methyl sites for hydroxylation is 1. The van der Waals surface area contributed by atoms with Crippen molar-refractivity contribution in [3.63, 3.8) is 0 Å². The second-order valence-electron chi connectivity index (χ2n) is 6.57. The SMILES string of the molecule is COc1ccc(C(=O)N2CCOCC2)cc1NC(=O)CCc1ccccc1N. The fourth-order valence-corrected chi connectivity index (χ4v) is 3.11. The number of hydrogen-bond donors (Lipinski definition) is 2. The summed E-state index contributed by atoms with van der Waals surface area (Å²) in [4.78, 5) is 26.9. The molecular formula is C21H25N3O4. The maximum Gasteiger partial charge on any atom is 0.254 e. The topological polar surface area (TPSA) is 93.9 Å². The minimum atomic E-state index is -0.169. The van der Waals surface area contributed by atoms with E-state index in [0.717, 1.165) is 5.56 Å². The first-order valence-electron chi connectivity index (χ1n) is 9.27. The molecule has 148 valence electrons. The third-order valence-corrected chi connectivity index (χ3v) is 4.70. The zero-order valence-corrected chi connectivity index (χ0v) is 15.9. The molecule has 3 rings (SSSR count). The van der Waals surface area contributed by atoms with Crippen molar-refractivity contribution in [3.05, 3.63) is 53.6 Å². The molecule has 0 saturated carbocycles. The van der Waals surface area contributed by atoms with Crippen LogP contribution < -0.4 is 15.8 Å². The minimum Gasteiger partial charge on any atom is -0.495 e. The molecule has 1 aliphatic rings. The number of morpholine rings is 1. The summed E-state index contributed by atoms with van der Waals surface area (Å²) in [6, 6.07) is 12.5. The maximum atomic E-state index is 12.7. The van der Waals surface area contributed by atoms with Gasteiger partial charge in [0.25, 0.3) is 5.91 Å². The fraction of sp³-hybridized carbons (Fsp3) is 0.333. The van der Waals surface area contributed by atoms with Gasteiger partial charge in [-0.25, -0.2) is 0 Å². The Balaban J connectivity index is 1.68. The number of hydrogen-bond acceptors (Lipinski definition) is 5. The van der Waals surface area contributed by atoms with Crippen LogP contribution in [0.15, 0.2) is 42.5 Å². The van der Waals surface area contributed by atoms with Crippen LogP contribution in [0.5, 0.6) is 5.75 Å². The molecule has 0 unspecified atom stereocenters. The highest BCUT2D eigenvalue weighted by Crippen LogP contribution is 2.27. The molecule has 2 aromatic rings. The highest BCUT2D eigenvalue weighted by Gasteiger charge is 2.20. The lowest BCUT2D eigenvalue weighted by atomic mass is 10.1. The normalized spacial score (nSPS) is 13.8. The third kappa shape index (κ3) is 4.80. The summed E-state index contributed by atoms with van der Waals surface area (Å²) in [5.74, 6) is 0.252. The van der Waals surface area contributed by atoms with Crippen LogP contribution in [0.2, 0.25) is 0 Å². The quantitative estimate of drug-likeness (QED) is 0.747. The zero-order valence-electron chi connectivity index (χ0n) is 15.9. The zero-order chi connectivity index (χ0) is 19.9. The van der Waals surface area contributed by atoms with E-state index in [-0.39, 0.29) is 18.2 Å². The van der Waals surface area contributed by atoms with E-state index in [9.17, 15) is 9.59 Å². The van der Waals surface area contributed by atoms with E-state index < -0.39 is 0 Å². The number of ether oxygens (including phenoxy) is 2. The molecule has 7 nitrogen and oxygen atoms in total. The summed E-state index contributed by atoms with van der Waals surface area (Å²) in [5.41, 5.74) is 8.51. The smallest absolute Gasteiger partial charge is 0.254 e. The predicted octanol–water partition coefficient (Wildman–Crippen LogP) is 2.32. The van der Waals surface area contributed by atoms with Gasteiger partial charge in [0.2, 0.25) is 5.91 Å². The fourth-order valence-electron chi connectivity index (χ4n) is 3.11. The number of para-hydroxylation sites is 1. The van der Waals surface area contributed by atoms with Gasteiger partial charge in [-0.3, -0.25) is 9.59 Å². The number of anilines is 2. The lowest BCUT2D eigenvalue weighted by Crippen LogP contribution is -2.40. The number of benzene rings is 2. The lowest BCUT2D eigenvalue weighted by molar-refractivity contribution is -0.116. The second kappa shape index (κ2) is 9.23. The number of nitrogens with one attached hydrogen (secondary N) is 1. The molecule has 1 aliphatic heterocycles. The number of nitrogens with two attached hydrogens (primary N) is 1. The molecule has 0 bridgehead atoms. The first-order valence-corrected chi connectivity index (χ1v) is 9.27. The van der Waals surface area contributed by atoms with Gasteiger partial charge in [0.1, 0.15) is 5.75 Å². The monoisotopic (exact) mass is 383 g/mol. The van der Waals surface area contributed by atoms with Gasteiger partial charge in [-0.1, -0.05) is 18.2 Å². The lowest BCUT2D eigenvalue weighted by Gasteiger charge is -2.27. The summed E-state index contributed by atoms with van der Waals surface area (Å²) in [5, 5.41) is 2.85. The molecular weight excluding hydrogens is 358 g/mol. The van der Waals surface area contributed by atoms with Gasteiger partial charge in [-0.2, -0.15) is 0 Å². The number of nitrogen functional groups attached to an aromatic ring is 1. The van der Waals surface area contributed by atoms with Crippen molar-refractivity contribution in [1.82, 2.24) is 4.90 Å². The Kier molecular flexibility index (Phi) is 6.49. The molecule has 0 spiro atoms. The van der Waals surface area contributed by atoms with E-state index >= 15 is 0 Å².